The number of rotatable bonds is 7. The lowest BCUT2D eigenvalue weighted by Gasteiger charge is -2.35. The van der Waals surface area contributed by atoms with Crippen molar-refractivity contribution in [3.63, 3.8) is 0 Å². The standard InChI is InChI=1S/C25H27N3O5S2/c1-3-33-25(30)21-17-22(18-8-5-4-6-9-18)34-24(21)28-14-12-27(13-15-28)23(29)19-10-7-11-20(16-19)26-35(2,31)32/h4-11,16-17,26H,3,12-15H2,1-2H3. The number of nitrogens with one attached hydrogen (secondary N) is 1. The number of ether oxygens (including phenoxy) is 1. The maximum atomic E-state index is 13.1. The molecule has 35 heavy (non-hydrogen) atoms. The summed E-state index contributed by atoms with van der Waals surface area (Å²) in [6.07, 6.45) is 1.07. The Kier molecular flexibility index (Phi) is 7.42. The SMILES string of the molecule is CCOC(=O)c1cc(-c2ccccc2)sc1N1CCN(C(=O)c2cccc(NS(C)(=O)=O)c2)CC1. The molecule has 10 heteroatoms. The third kappa shape index (κ3) is 6.01. The minimum atomic E-state index is -3.43. The Bertz CT molecular complexity index is 1310. The number of hydrogen-bond acceptors (Lipinski definition) is 7. The fraction of sp³-hybridized carbons (Fsp3) is 0.280. The average Bonchev–Trinajstić information content (AvgIpc) is 3.29. The Hall–Kier alpha value is -3.37. The first-order chi connectivity index (χ1) is 16.7. The van der Waals surface area contributed by atoms with Gasteiger partial charge in [0.1, 0.15) is 5.00 Å². The van der Waals surface area contributed by atoms with Crippen LogP contribution in [-0.2, 0) is 14.8 Å². The molecule has 2 heterocycles. The summed E-state index contributed by atoms with van der Waals surface area (Å²) < 4.78 is 30.7. The molecule has 0 saturated carbocycles. The Morgan fingerprint density at radius 2 is 1.71 bits per heavy atom. The van der Waals surface area contributed by atoms with Gasteiger partial charge in [-0.25, -0.2) is 13.2 Å². The quantitative estimate of drug-likeness (QED) is 0.481. The highest BCUT2D eigenvalue weighted by molar-refractivity contribution is 7.92. The maximum absolute atomic E-state index is 13.1. The molecule has 3 aromatic rings. The number of carbonyl (C=O) groups excluding carboxylic acids is 2. The zero-order valence-corrected chi connectivity index (χ0v) is 21.2. The predicted molar refractivity (Wildman–Crippen MR) is 139 cm³/mol. The highest BCUT2D eigenvalue weighted by atomic mass is 32.2. The molecule has 0 aliphatic carbocycles. The highest BCUT2D eigenvalue weighted by Gasteiger charge is 2.27. The van der Waals surface area contributed by atoms with Crippen LogP contribution in [-0.4, -0.2) is 64.2 Å². The number of carbonyl (C=O) groups is 2. The Labute approximate surface area is 209 Å². The second kappa shape index (κ2) is 10.5. The molecule has 2 aromatic carbocycles. The minimum absolute atomic E-state index is 0.163. The lowest BCUT2D eigenvalue weighted by atomic mass is 10.1. The third-order valence-electron chi connectivity index (χ3n) is 5.53. The molecule has 1 saturated heterocycles. The molecule has 0 bridgehead atoms. The molecular formula is C25H27N3O5S2. The molecule has 1 amide bonds. The molecule has 1 N–H and O–H groups in total. The van der Waals surface area contributed by atoms with Gasteiger partial charge in [-0.05, 0) is 36.8 Å². The Morgan fingerprint density at radius 1 is 1.00 bits per heavy atom. The molecule has 8 nitrogen and oxygen atoms in total. The van der Waals surface area contributed by atoms with Crippen LogP contribution in [0.15, 0.2) is 60.7 Å². The van der Waals surface area contributed by atoms with Crippen LogP contribution in [0.3, 0.4) is 0 Å². The number of esters is 1. The summed E-state index contributed by atoms with van der Waals surface area (Å²) in [5.74, 6) is -0.516. The van der Waals surface area contributed by atoms with Crippen molar-refractivity contribution in [2.24, 2.45) is 0 Å². The summed E-state index contributed by atoms with van der Waals surface area (Å²) in [7, 11) is -3.43. The third-order valence-corrected chi connectivity index (χ3v) is 7.38. The Morgan fingerprint density at radius 3 is 2.37 bits per heavy atom. The second-order valence-corrected chi connectivity index (χ2v) is 10.9. The van der Waals surface area contributed by atoms with E-state index in [0.717, 1.165) is 21.7 Å². The van der Waals surface area contributed by atoms with Gasteiger partial charge in [-0.15, -0.1) is 11.3 Å². The van der Waals surface area contributed by atoms with Gasteiger partial charge in [0.05, 0.1) is 18.4 Å². The van der Waals surface area contributed by atoms with Gasteiger partial charge in [-0.2, -0.15) is 0 Å². The van der Waals surface area contributed by atoms with Crippen LogP contribution in [0.2, 0.25) is 0 Å². The van der Waals surface area contributed by atoms with Gasteiger partial charge in [-0.3, -0.25) is 9.52 Å². The van der Waals surface area contributed by atoms with Crippen LogP contribution in [0, 0.1) is 0 Å². The summed E-state index contributed by atoms with van der Waals surface area (Å²) in [5, 5.41) is 0.841. The van der Waals surface area contributed by atoms with Gasteiger partial charge in [0, 0.05) is 42.3 Å². The van der Waals surface area contributed by atoms with Gasteiger partial charge in [-0.1, -0.05) is 36.4 Å². The second-order valence-electron chi connectivity index (χ2n) is 8.15. The van der Waals surface area contributed by atoms with E-state index in [-0.39, 0.29) is 11.9 Å². The van der Waals surface area contributed by atoms with Crippen molar-refractivity contribution in [2.45, 2.75) is 6.92 Å². The fourth-order valence-corrected chi connectivity index (χ4v) is 5.70. The zero-order chi connectivity index (χ0) is 25.0. The number of piperazine rings is 1. The summed E-state index contributed by atoms with van der Waals surface area (Å²) in [6.45, 7) is 4.16. The number of thiophene rings is 1. The smallest absolute Gasteiger partial charge is 0.341 e. The van der Waals surface area contributed by atoms with Crippen LogP contribution in [0.4, 0.5) is 10.7 Å². The number of amides is 1. The topological polar surface area (TPSA) is 96.0 Å². The van der Waals surface area contributed by atoms with Crippen molar-refractivity contribution >= 4 is 43.9 Å². The monoisotopic (exact) mass is 513 g/mol. The van der Waals surface area contributed by atoms with Gasteiger partial charge in [0.15, 0.2) is 0 Å². The maximum Gasteiger partial charge on any atom is 0.341 e. The van der Waals surface area contributed by atoms with Gasteiger partial charge in [0.2, 0.25) is 10.0 Å². The van der Waals surface area contributed by atoms with E-state index in [9.17, 15) is 18.0 Å². The van der Waals surface area contributed by atoms with Gasteiger partial charge in [0.25, 0.3) is 5.91 Å². The molecule has 0 spiro atoms. The van der Waals surface area contributed by atoms with Crippen molar-refractivity contribution in [1.82, 2.24) is 4.90 Å². The first-order valence-corrected chi connectivity index (χ1v) is 13.9. The van der Waals surface area contributed by atoms with E-state index >= 15 is 0 Å². The first-order valence-electron chi connectivity index (χ1n) is 11.2. The number of benzene rings is 2. The molecule has 184 valence electrons. The molecule has 1 aromatic heterocycles. The van der Waals surface area contributed by atoms with E-state index in [1.807, 2.05) is 36.4 Å². The van der Waals surface area contributed by atoms with E-state index in [0.29, 0.717) is 49.6 Å². The van der Waals surface area contributed by atoms with E-state index in [2.05, 4.69) is 9.62 Å². The van der Waals surface area contributed by atoms with Crippen molar-refractivity contribution in [1.29, 1.82) is 0 Å². The van der Waals surface area contributed by atoms with Crippen molar-refractivity contribution < 1.29 is 22.7 Å². The normalized spacial score (nSPS) is 14.0. The highest BCUT2D eigenvalue weighted by Crippen LogP contribution is 2.38. The van der Waals surface area contributed by atoms with Crippen molar-refractivity contribution in [3.8, 4) is 10.4 Å². The summed E-state index contributed by atoms with van der Waals surface area (Å²) in [4.78, 5) is 30.6. The molecule has 0 radical (unpaired) electrons. The zero-order valence-electron chi connectivity index (χ0n) is 19.6. The minimum Gasteiger partial charge on any atom is -0.462 e. The van der Waals surface area contributed by atoms with E-state index in [4.69, 9.17) is 4.74 Å². The molecular weight excluding hydrogens is 486 g/mol. The van der Waals surface area contributed by atoms with Gasteiger partial charge >= 0.3 is 5.97 Å². The average molecular weight is 514 g/mol. The van der Waals surface area contributed by atoms with E-state index in [1.165, 1.54) is 0 Å². The van der Waals surface area contributed by atoms with Crippen LogP contribution in [0.1, 0.15) is 27.6 Å². The summed E-state index contributed by atoms with van der Waals surface area (Å²) in [6, 6.07) is 18.2. The number of anilines is 2. The summed E-state index contributed by atoms with van der Waals surface area (Å²) in [5.41, 5.74) is 2.34. The van der Waals surface area contributed by atoms with Crippen LogP contribution < -0.4 is 9.62 Å². The largest absolute Gasteiger partial charge is 0.462 e. The van der Waals surface area contributed by atoms with Crippen LogP contribution in [0.5, 0.6) is 0 Å². The number of hydrogen-bond donors (Lipinski definition) is 1. The van der Waals surface area contributed by atoms with Gasteiger partial charge < -0.3 is 14.5 Å². The number of nitrogens with zero attached hydrogens (tertiary/aromatic N) is 2. The number of sulfonamides is 1. The molecule has 4 rings (SSSR count). The molecule has 0 unspecified atom stereocenters. The van der Waals surface area contributed by atoms with Crippen molar-refractivity contribution in [2.75, 3.05) is 48.7 Å². The lowest BCUT2D eigenvalue weighted by Crippen LogP contribution is -2.48. The van der Waals surface area contributed by atoms with Crippen LogP contribution >= 0.6 is 11.3 Å². The molecule has 1 fully saturated rings. The summed E-state index contributed by atoms with van der Waals surface area (Å²) >= 11 is 1.54. The molecule has 1 aliphatic rings. The molecule has 1 aliphatic heterocycles. The first kappa shape index (κ1) is 24.7. The molecule has 0 atom stereocenters. The predicted octanol–water partition coefficient (Wildman–Crippen LogP) is 3.93. The van der Waals surface area contributed by atoms with E-state index in [1.54, 1.807) is 47.4 Å². The van der Waals surface area contributed by atoms with Crippen molar-refractivity contribution in [3.05, 3.63) is 71.8 Å². The van der Waals surface area contributed by atoms with Crippen LogP contribution in [0.25, 0.3) is 10.4 Å². The fourth-order valence-electron chi connectivity index (χ4n) is 3.94. The Balaban J connectivity index is 1.50. The van der Waals surface area contributed by atoms with E-state index < -0.39 is 10.0 Å². The lowest BCUT2D eigenvalue weighted by molar-refractivity contribution is 0.0526.